The molecular formula is C15H18N3O2S+. The lowest BCUT2D eigenvalue weighted by molar-refractivity contribution is -0.704. The van der Waals surface area contributed by atoms with E-state index in [1.165, 1.54) is 0 Å². The highest BCUT2D eigenvalue weighted by Crippen LogP contribution is 2.22. The summed E-state index contributed by atoms with van der Waals surface area (Å²) in [4.78, 5) is 23.8. The van der Waals surface area contributed by atoms with Crippen molar-refractivity contribution in [2.45, 2.75) is 19.0 Å². The maximum Gasteiger partial charge on any atom is 0.319 e. The van der Waals surface area contributed by atoms with Crippen molar-refractivity contribution in [1.82, 2.24) is 5.32 Å². The number of primary amides is 1. The summed E-state index contributed by atoms with van der Waals surface area (Å²) in [6, 6.07) is 12.7. The molecule has 0 aliphatic rings. The van der Waals surface area contributed by atoms with Crippen LogP contribution >= 0.6 is 11.3 Å². The maximum atomic E-state index is 11.9. The number of thiophene rings is 1. The molecule has 0 aliphatic carbocycles. The van der Waals surface area contributed by atoms with Gasteiger partial charge in [0.25, 0.3) is 5.91 Å². The smallest absolute Gasteiger partial charge is 0.319 e. The van der Waals surface area contributed by atoms with Crippen LogP contribution < -0.4 is 16.4 Å². The van der Waals surface area contributed by atoms with Crippen LogP contribution in [-0.2, 0) is 4.79 Å². The van der Waals surface area contributed by atoms with Crippen molar-refractivity contribution in [3.05, 3.63) is 58.3 Å². The monoisotopic (exact) mass is 304 g/mol. The zero-order valence-corrected chi connectivity index (χ0v) is 12.5. The maximum absolute atomic E-state index is 11.9. The molecule has 1 aromatic heterocycles. The molecule has 110 valence electrons. The molecule has 5 nitrogen and oxygen atoms in total. The van der Waals surface area contributed by atoms with E-state index in [4.69, 9.17) is 5.73 Å². The van der Waals surface area contributed by atoms with Crippen LogP contribution in [0.1, 0.15) is 23.4 Å². The molecule has 5 N–H and O–H groups in total. The van der Waals surface area contributed by atoms with Crippen molar-refractivity contribution < 1.29 is 14.9 Å². The van der Waals surface area contributed by atoms with E-state index in [9.17, 15) is 9.59 Å². The van der Waals surface area contributed by atoms with E-state index in [1.54, 1.807) is 18.3 Å². The van der Waals surface area contributed by atoms with Gasteiger partial charge in [-0.05, 0) is 18.4 Å². The van der Waals surface area contributed by atoms with Crippen LogP contribution in [0.15, 0.2) is 47.8 Å². The number of hydrogen-bond acceptors (Lipinski definition) is 3. The highest BCUT2D eigenvalue weighted by molar-refractivity contribution is 7.10. The first-order valence-electron chi connectivity index (χ1n) is 6.61. The van der Waals surface area contributed by atoms with Gasteiger partial charge in [-0.25, -0.2) is 4.79 Å². The van der Waals surface area contributed by atoms with Gasteiger partial charge in [0.1, 0.15) is 6.04 Å². The number of benzene rings is 1. The summed E-state index contributed by atoms with van der Waals surface area (Å²) >= 11 is 1.64. The fraction of sp³-hybridized carbons (Fsp3) is 0.200. The molecule has 0 bridgehead atoms. The van der Waals surface area contributed by atoms with Crippen LogP contribution in [0, 0.1) is 0 Å². The number of imide groups is 1. The fourth-order valence-electron chi connectivity index (χ4n) is 2.11. The van der Waals surface area contributed by atoms with E-state index in [0.29, 0.717) is 0 Å². The van der Waals surface area contributed by atoms with Gasteiger partial charge in [-0.3, -0.25) is 10.1 Å². The number of rotatable bonds is 5. The summed E-state index contributed by atoms with van der Waals surface area (Å²) in [5.41, 5.74) is 6.09. The van der Waals surface area contributed by atoms with Gasteiger partial charge in [-0.2, -0.15) is 0 Å². The quantitative estimate of drug-likeness (QED) is 0.769. The minimum Gasteiger partial charge on any atom is -0.351 e. The highest BCUT2D eigenvalue weighted by atomic mass is 32.1. The van der Waals surface area contributed by atoms with Crippen LogP contribution in [0.5, 0.6) is 0 Å². The molecule has 2 rings (SSSR count). The Hall–Kier alpha value is -2.18. The first kappa shape index (κ1) is 15.2. The third kappa shape index (κ3) is 4.14. The van der Waals surface area contributed by atoms with Crippen LogP contribution in [-0.4, -0.2) is 18.0 Å². The van der Waals surface area contributed by atoms with Crippen LogP contribution in [0.3, 0.4) is 0 Å². The second-order valence-corrected chi connectivity index (χ2v) is 5.72. The molecule has 2 atom stereocenters. The number of nitrogens with two attached hydrogens (primary N) is 2. The minimum atomic E-state index is -0.826. The van der Waals surface area contributed by atoms with E-state index in [0.717, 1.165) is 10.4 Å². The van der Waals surface area contributed by atoms with E-state index in [1.807, 2.05) is 53.2 Å². The Morgan fingerprint density at radius 1 is 1.19 bits per heavy atom. The summed E-state index contributed by atoms with van der Waals surface area (Å²) < 4.78 is 0. The molecule has 0 spiro atoms. The standard InChI is InChI=1S/C15H17N3O2S/c1-10(14(19)18-15(16)20)17-13(12-8-5-9-21-12)11-6-3-2-4-7-11/h2-10,13,17H,1H3,(H3,16,18,19,20)/p+1/t10-,13-/m0/s1. The number of hydrogen-bond donors (Lipinski definition) is 3. The lowest BCUT2D eigenvalue weighted by atomic mass is 10.0. The summed E-state index contributed by atoms with van der Waals surface area (Å²) in [6.45, 7) is 1.75. The first-order chi connectivity index (χ1) is 10.1. The molecule has 0 aliphatic heterocycles. The first-order valence-corrected chi connectivity index (χ1v) is 7.49. The second kappa shape index (κ2) is 7.01. The molecule has 0 fully saturated rings. The molecule has 0 radical (unpaired) electrons. The van der Waals surface area contributed by atoms with Crippen molar-refractivity contribution in [2.75, 3.05) is 0 Å². The molecule has 0 saturated carbocycles. The summed E-state index contributed by atoms with van der Waals surface area (Å²) in [5.74, 6) is -0.389. The highest BCUT2D eigenvalue weighted by Gasteiger charge is 2.25. The van der Waals surface area contributed by atoms with Crippen molar-refractivity contribution in [1.29, 1.82) is 0 Å². The molecule has 1 heterocycles. The summed E-state index contributed by atoms with van der Waals surface area (Å²) in [7, 11) is 0. The van der Waals surface area contributed by atoms with Crippen molar-refractivity contribution >= 4 is 23.3 Å². The van der Waals surface area contributed by atoms with Gasteiger partial charge in [0.15, 0.2) is 6.04 Å². The van der Waals surface area contributed by atoms with Gasteiger partial charge in [0, 0.05) is 5.56 Å². The van der Waals surface area contributed by atoms with Crippen molar-refractivity contribution in [3.63, 3.8) is 0 Å². The zero-order chi connectivity index (χ0) is 15.2. The van der Waals surface area contributed by atoms with Crippen LogP contribution in [0.2, 0.25) is 0 Å². The van der Waals surface area contributed by atoms with Crippen molar-refractivity contribution in [3.8, 4) is 0 Å². The third-order valence-corrected chi connectivity index (χ3v) is 4.10. The van der Waals surface area contributed by atoms with Gasteiger partial charge < -0.3 is 11.1 Å². The fourth-order valence-corrected chi connectivity index (χ4v) is 2.94. The molecule has 21 heavy (non-hydrogen) atoms. The number of carbonyl (C=O) groups excluding carboxylic acids is 2. The Labute approximate surface area is 127 Å². The number of nitrogens with one attached hydrogen (secondary N) is 1. The Morgan fingerprint density at radius 2 is 1.90 bits per heavy atom. The van der Waals surface area contributed by atoms with Crippen LogP contribution in [0.25, 0.3) is 0 Å². The van der Waals surface area contributed by atoms with E-state index >= 15 is 0 Å². The van der Waals surface area contributed by atoms with Gasteiger partial charge >= 0.3 is 6.03 Å². The molecule has 0 saturated heterocycles. The Morgan fingerprint density at radius 3 is 2.48 bits per heavy atom. The Balaban J connectivity index is 2.18. The number of quaternary nitrogens is 1. The average Bonchev–Trinajstić information content (AvgIpc) is 2.98. The molecule has 0 unspecified atom stereocenters. The summed E-state index contributed by atoms with van der Waals surface area (Å²) in [6.07, 6.45) is 0. The number of urea groups is 1. The predicted octanol–water partition coefficient (Wildman–Crippen LogP) is 0.984. The normalized spacial score (nSPS) is 13.4. The largest absolute Gasteiger partial charge is 0.351 e. The second-order valence-electron chi connectivity index (χ2n) is 4.74. The minimum absolute atomic E-state index is 0.0137. The Kier molecular flexibility index (Phi) is 5.08. The zero-order valence-electron chi connectivity index (χ0n) is 11.7. The molecule has 2 aromatic rings. The van der Waals surface area contributed by atoms with Gasteiger partial charge in [0.2, 0.25) is 0 Å². The molecule has 1 aromatic carbocycles. The summed E-state index contributed by atoms with van der Waals surface area (Å²) in [5, 5.41) is 6.05. The molecule has 6 heteroatoms. The topological polar surface area (TPSA) is 88.8 Å². The number of amides is 3. The van der Waals surface area contributed by atoms with E-state index < -0.39 is 12.1 Å². The third-order valence-electron chi connectivity index (χ3n) is 3.15. The van der Waals surface area contributed by atoms with Gasteiger partial charge in [-0.15, -0.1) is 11.3 Å². The predicted molar refractivity (Wildman–Crippen MR) is 81.7 cm³/mol. The van der Waals surface area contributed by atoms with Crippen LogP contribution in [0.4, 0.5) is 4.79 Å². The lowest BCUT2D eigenvalue weighted by Gasteiger charge is -2.18. The SMILES string of the molecule is C[C@H]([NH2+][C@@H](c1ccccc1)c1cccs1)C(=O)NC(N)=O. The van der Waals surface area contributed by atoms with Gasteiger partial charge in [0.05, 0.1) is 4.88 Å². The van der Waals surface area contributed by atoms with E-state index in [2.05, 4.69) is 5.32 Å². The van der Waals surface area contributed by atoms with Crippen molar-refractivity contribution in [2.24, 2.45) is 5.73 Å². The molecular weight excluding hydrogens is 286 g/mol. The lowest BCUT2D eigenvalue weighted by Crippen LogP contribution is -2.92. The number of carbonyl (C=O) groups is 2. The van der Waals surface area contributed by atoms with Gasteiger partial charge in [-0.1, -0.05) is 36.4 Å². The Bertz CT molecular complexity index is 599. The molecule has 3 amide bonds. The average molecular weight is 304 g/mol. The van der Waals surface area contributed by atoms with E-state index in [-0.39, 0.29) is 11.9 Å².